The first kappa shape index (κ1) is 12.5. The third-order valence-electron chi connectivity index (χ3n) is 3.25. The molecule has 2 atom stereocenters. The van der Waals surface area contributed by atoms with Crippen LogP contribution >= 0.6 is 11.3 Å². The standard InChI is InChI=1S/C12H18N2O2S/c1-7-11(17-8(2)14-7)12(16)13-6-9-4-3-5-10(9)15/h9-10,15H,3-6H2,1-2H3,(H,13,16). The van der Waals surface area contributed by atoms with Gasteiger partial charge in [-0.1, -0.05) is 6.42 Å². The van der Waals surface area contributed by atoms with Crippen LogP contribution in [-0.2, 0) is 0 Å². The second-order valence-electron chi connectivity index (χ2n) is 4.62. The number of carbonyl (C=O) groups is 1. The molecule has 0 spiro atoms. The van der Waals surface area contributed by atoms with Gasteiger partial charge in [0, 0.05) is 12.5 Å². The molecule has 4 nitrogen and oxygen atoms in total. The van der Waals surface area contributed by atoms with Crippen molar-refractivity contribution in [2.45, 2.75) is 39.2 Å². The van der Waals surface area contributed by atoms with Crippen LogP contribution in [0.4, 0.5) is 0 Å². The molecule has 1 amide bonds. The van der Waals surface area contributed by atoms with Crippen LogP contribution in [0.2, 0.25) is 0 Å². The maximum Gasteiger partial charge on any atom is 0.263 e. The van der Waals surface area contributed by atoms with Gasteiger partial charge in [-0.2, -0.15) is 0 Å². The normalized spacial score (nSPS) is 23.9. The van der Waals surface area contributed by atoms with E-state index in [0.717, 1.165) is 30.0 Å². The molecule has 5 heteroatoms. The van der Waals surface area contributed by atoms with E-state index in [9.17, 15) is 9.90 Å². The molecule has 1 aromatic heterocycles. The van der Waals surface area contributed by atoms with Crippen molar-refractivity contribution >= 4 is 17.2 Å². The Kier molecular flexibility index (Phi) is 3.79. The van der Waals surface area contributed by atoms with Crippen molar-refractivity contribution in [3.05, 3.63) is 15.6 Å². The topological polar surface area (TPSA) is 62.2 Å². The van der Waals surface area contributed by atoms with E-state index in [0.29, 0.717) is 11.4 Å². The second kappa shape index (κ2) is 5.14. The van der Waals surface area contributed by atoms with Gasteiger partial charge >= 0.3 is 0 Å². The number of carbonyl (C=O) groups excluding carboxylic acids is 1. The fourth-order valence-electron chi connectivity index (χ4n) is 2.30. The molecule has 0 bridgehead atoms. The van der Waals surface area contributed by atoms with Crippen molar-refractivity contribution in [1.29, 1.82) is 0 Å². The summed E-state index contributed by atoms with van der Waals surface area (Å²) in [5.74, 6) is 0.153. The molecular formula is C12H18N2O2S. The highest BCUT2D eigenvalue weighted by molar-refractivity contribution is 7.13. The third-order valence-corrected chi connectivity index (χ3v) is 4.33. The van der Waals surface area contributed by atoms with E-state index in [2.05, 4.69) is 10.3 Å². The number of aromatic nitrogens is 1. The molecule has 0 aliphatic heterocycles. The predicted molar refractivity (Wildman–Crippen MR) is 67.3 cm³/mol. The predicted octanol–water partition coefficient (Wildman–Crippen LogP) is 1.65. The Labute approximate surface area is 105 Å². The SMILES string of the molecule is Cc1nc(C)c(C(=O)NCC2CCCC2O)s1. The minimum Gasteiger partial charge on any atom is -0.393 e. The Hall–Kier alpha value is -0.940. The number of nitrogens with one attached hydrogen (secondary N) is 1. The number of rotatable bonds is 3. The molecule has 2 unspecified atom stereocenters. The molecule has 0 saturated heterocycles. The number of hydrogen-bond donors (Lipinski definition) is 2. The Morgan fingerprint density at radius 2 is 2.29 bits per heavy atom. The van der Waals surface area contributed by atoms with E-state index in [1.165, 1.54) is 11.3 Å². The van der Waals surface area contributed by atoms with Gasteiger partial charge in [0.1, 0.15) is 4.88 Å². The lowest BCUT2D eigenvalue weighted by Crippen LogP contribution is -2.32. The smallest absolute Gasteiger partial charge is 0.263 e. The average molecular weight is 254 g/mol. The Bertz CT molecular complexity index is 417. The first-order valence-corrected chi connectivity index (χ1v) is 6.80. The van der Waals surface area contributed by atoms with Crippen molar-refractivity contribution in [2.75, 3.05) is 6.54 Å². The van der Waals surface area contributed by atoms with Crippen molar-refractivity contribution in [1.82, 2.24) is 10.3 Å². The van der Waals surface area contributed by atoms with Gasteiger partial charge in [-0.25, -0.2) is 4.98 Å². The first-order chi connectivity index (χ1) is 8.08. The number of aliphatic hydroxyl groups is 1. The molecule has 1 saturated carbocycles. The number of hydrogen-bond acceptors (Lipinski definition) is 4. The van der Waals surface area contributed by atoms with E-state index in [1.807, 2.05) is 13.8 Å². The largest absolute Gasteiger partial charge is 0.393 e. The molecule has 0 aromatic carbocycles. The maximum absolute atomic E-state index is 11.9. The summed E-state index contributed by atoms with van der Waals surface area (Å²) in [6.07, 6.45) is 2.67. The van der Waals surface area contributed by atoms with Crippen LogP contribution in [0.3, 0.4) is 0 Å². The number of aliphatic hydroxyl groups excluding tert-OH is 1. The Morgan fingerprint density at radius 3 is 2.82 bits per heavy atom. The minimum atomic E-state index is -0.250. The summed E-state index contributed by atoms with van der Waals surface area (Å²) < 4.78 is 0. The lowest BCUT2D eigenvalue weighted by atomic mass is 10.1. The second-order valence-corrected chi connectivity index (χ2v) is 5.82. The molecular weight excluding hydrogens is 236 g/mol. The van der Waals surface area contributed by atoms with Gasteiger partial charge in [0.2, 0.25) is 0 Å². The molecule has 1 aliphatic rings. The van der Waals surface area contributed by atoms with Gasteiger partial charge in [-0.15, -0.1) is 11.3 Å². The Morgan fingerprint density at radius 1 is 1.53 bits per heavy atom. The van der Waals surface area contributed by atoms with Crippen LogP contribution in [-0.4, -0.2) is 28.6 Å². The zero-order valence-electron chi connectivity index (χ0n) is 10.2. The maximum atomic E-state index is 11.9. The summed E-state index contributed by atoms with van der Waals surface area (Å²) in [4.78, 5) is 16.8. The van der Waals surface area contributed by atoms with E-state index in [4.69, 9.17) is 0 Å². The van der Waals surface area contributed by atoms with E-state index < -0.39 is 0 Å². The number of thiazole rings is 1. The van der Waals surface area contributed by atoms with Crippen LogP contribution in [0.1, 0.15) is 39.6 Å². The quantitative estimate of drug-likeness (QED) is 0.862. The van der Waals surface area contributed by atoms with Crippen LogP contribution in [0.5, 0.6) is 0 Å². The summed E-state index contributed by atoms with van der Waals surface area (Å²) >= 11 is 1.42. The van der Waals surface area contributed by atoms with E-state index in [-0.39, 0.29) is 17.9 Å². The molecule has 1 fully saturated rings. The lowest BCUT2D eigenvalue weighted by molar-refractivity contribution is 0.0920. The van der Waals surface area contributed by atoms with Crippen LogP contribution in [0.15, 0.2) is 0 Å². The van der Waals surface area contributed by atoms with Crippen molar-refractivity contribution < 1.29 is 9.90 Å². The van der Waals surface area contributed by atoms with Gasteiger partial charge < -0.3 is 10.4 Å². The molecule has 1 aliphatic carbocycles. The van der Waals surface area contributed by atoms with Gasteiger partial charge in [-0.05, 0) is 26.7 Å². The summed E-state index contributed by atoms with van der Waals surface area (Å²) in [5.41, 5.74) is 0.789. The Balaban J connectivity index is 1.91. The lowest BCUT2D eigenvalue weighted by Gasteiger charge is -2.14. The molecule has 94 valence electrons. The molecule has 0 radical (unpaired) electrons. The first-order valence-electron chi connectivity index (χ1n) is 5.98. The molecule has 2 N–H and O–H groups in total. The average Bonchev–Trinajstić information content (AvgIpc) is 2.81. The van der Waals surface area contributed by atoms with Crippen LogP contribution in [0, 0.1) is 19.8 Å². The molecule has 1 heterocycles. The van der Waals surface area contributed by atoms with Crippen molar-refractivity contribution in [3.8, 4) is 0 Å². The molecule has 2 rings (SSSR count). The minimum absolute atomic E-state index is 0.0628. The zero-order chi connectivity index (χ0) is 12.4. The van der Waals surface area contributed by atoms with Gasteiger partial charge in [0.15, 0.2) is 0 Å². The monoisotopic (exact) mass is 254 g/mol. The van der Waals surface area contributed by atoms with E-state index >= 15 is 0 Å². The summed E-state index contributed by atoms with van der Waals surface area (Å²) in [6, 6.07) is 0. The summed E-state index contributed by atoms with van der Waals surface area (Å²) in [7, 11) is 0. The van der Waals surface area contributed by atoms with Crippen molar-refractivity contribution in [2.24, 2.45) is 5.92 Å². The van der Waals surface area contributed by atoms with Crippen molar-refractivity contribution in [3.63, 3.8) is 0 Å². The number of aryl methyl sites for hydroxylation is 2. The van der Waals surface area contributed by atoms with Crippen LogP contribution < -0.4 is 5.32 Å². The highest BCUT2D eigenvalue weighted by Crippen LogP contribution is 2.25. The van der Waals surface area contributed by atoms with Crippen LogP contribution in [0.25, 0.3) is 0 Å². The highest BCUT2D eigenvalue weighted by atomic mass is 32.1. The fourth-order valence-corrected chi connectivity index (χ4v) is 3.14. The zero-order valence-corrected chi connectivity index (χ0v) is 11.0. The number of amides is 1. The van der Waals surface area contributed by atoms with Gasteiger partial charge in [0.25, 0.3) is 5.91 Å². The fraction of sp³-hybridized carbons (Fsp3) is 0.667. The van der Waals surface area contributed by atoms with Gasteiger partial charge in [0.05, 0.1) is 16.8 Å². The number of nitrogens with zero attached hydrogens (tertiary/aromatic N) is 1. The summed E-state index contributed by atoms with van der Waals surface area (Å²) in [6.45, 7) is 4.31. The molecule has 17 heavy (non-hydrogen) atoms. The third kappa shape index (κ3) is 2.84. The van der Waals surface area contributed by atoms with E-state index in [1.54, 1.807) is 0 Å². The molecule has 1 aromatic rings. The highest BCUT2D eigenvalue weighted by Gasteiger charge is 2.25. The van der Waals surface area contributed by atoms with Gasteiger partial charge in [-0.3, -0.25) is 4.79 Å². The summed E-state index contributed by atoms with van der Waals surface area (Å²) in [5, 5.41) is 13.5.